The summed E-state index contributed by atoms with van der Waals surface area (Å²) >= 11 is 5.77. The van der Waals surface area contributed by atoms with Crippen LogP contribution in [-0.2, 0) is 5.88 Å². The van der Waals surface area contributed by atoms with Crippen LogP contribution in [0.2, 0.25) is 0 Å². The number of nitrogens with one attached hydrogen (secondary N) is 2. The molecule has 0 saturated carbocycles. The Labute approximate surface area is 183 Å². The van der Waals surface area contributed by atoms with Crippen LogP contribution in [0.3, 0.4) is 0 Å². The van der Waals surface area contributed by atoms with E-state index in [0.717, 1.165) is 11.1 Å². The second kappa shape index (κ2) is 9.32. The fourth-order valence-corrected chi connectivity index (χ4v) is 3.04. The van der Waals surface area contributed by atoms with Crippen LogP contribution >= 0.6 is 11.6 Å². The molecule has 0 saturated heterocycles. The number of anilines is 3. The Bertz CT molecular complexity index is 1200. The van der Waals surface area contributed by atoms with Crippen molar-refractivity contribution in [3.63, 3.8) is 0 Å². The van der Waals surface area contributed by atoms with E-state index in [1.807, 2.05) is 12.1 Å². The standard InChI is InChI=1S/C23H17ClFN5O/c24-13-15-3-5-16(6-4-15)22(31)29-21-12-18(7-8-19(21)25)28-23-27-11-9-20(30-23)17-2-1-10-26-14-17/h1-12,14H,13H2,(H,29,31)(H,27,28,30). The van der Waals surface area contributed by atoms with Crippen molar-refractivity contribution in [3.8, 4) is 11.3 Å². The molecule has 31 heavy (non-hydrogen) atoms. The van der Waals surface area contributed by atoms with Crippen molar-refractivity contribution in [1.82, 2.24) is 15.0 Å². The fourth-order valence-electron chi connectivity index (χ4n) is 2.86. The number of benzene rings is 2. The van der Waals surface area contributed by atoms with E-state index in [4.69, 9.17) is 11.6 Å². The monoisotopic (exact) mass is 433 g/mol. The number of rotatable bonds is 6. The summed E-state index contributed by atoms with van der Waals surface area (Å²) in [6.07, 6.45) is 5.01. The second-order valence-electron chi connectivity index (χ2n) is 6.61. The minimum absolute atomic E-state index is 0.0415. The van der Waals surface area contributed by atoms with Gasteiger partial charge >= 0.3 is 0 Å². The minimum Gasteiger partial charge on any atom is -0.324 e. The van der Waals surface area contributed by atoms with Crippen LogP contribution in [0.1, 0.15) is 15.9 Å². The molecule has 0 bridgehead atoms. The Balaban J connectivity index is 1.52. The van der Waals surface area contributed by atoms with Gasteiger partial charge in [0.15, 0.2) is 0 Å². The summed E-state index contributed by atoms with van der Waals surface area (Å²) in [5.74, 6) is -0.288. The Kier molecular flexibility index (Phi) is 6.14. The average Bonchev–Trinajstić information content (AvgIpc) is 2.82. The zero-order valence-corrected chi connectivity index (χ0v) is 17.0. The number of hydrogen-bond acceptors (Lipinski definition) is 5. The van der Waals surface area contributed by atoms with E-state index in [-0.39, 0.29) is 5.69 Å². The van der Waals surface area contributed by atoms with E-state index in [1.54, 1.807) is 55.0 Å². The van der Waals surface area contributed by atoms with E-state index in [2.05, 4.69) is 25.6 Å². The summed E-state index contributed by atoms with van der Waals surface area (Å²) in [5, 5.41) is 5.63. The summed E-state index contributed by atoms with van der Waals surface area (Å²) in [4.78, 5) is 25.2. The van der Waals surface area contributed by atoms with Gasteiger partial charge in [0.05, 0.1) is 11.4 Å². The molecule has 0 fully saturated rings. The van der Waals surface area contributed by atoms with Crippen molar-refractivity contribution in [1.29, 1.82) is 0 Å². The van der Waals surface area contributed by atoms with E-state index in [0.29, 0.717) is 28.8 Å². The van der Waals surface area contributed by atoms with Crippen molar-refractivity contribution < 1.29 is 9.18 Å². The van der Waals surface area contributed by atoms with Crippen LogP contribution in [0.15, 0.2) is 79.3 Å². The summed E-state index contributed by atoms with van der Waals surface area (Å²) in [7, 11) is 0. The lowest BCUT2D eigenvalue weighted by Crippen LogP contribution is -2.13. The van der Waals surface area contributed by atoms with E-state index >= 15 is 0 Å². The van der Waals surface area contributed by atoms with Gasteiger partial charge in [-0.15, -0.1) is 11.6 Å². The third-order valence-corrected chi connectivity index (χ3v) is 4.76. The zero-order valence-electron chi connectivity index (χ0n) is 16.2. The molecule has 2 aromatic carbocycles. The van der Waals surface area contributed by atoms with Gasteiger partial charge in [0.2, 0.25) is 5.95 Å². The van der Waals surface area contributed by atoms with Crippen molar-refractivity contribution in [2.24, 2.45) is 0 Å². The van der Waals surface area contributed by atoms with Gasteiger partial charge in [0, 0.05) is 41.3 Å². The molecule has 0 aliphatic heterocycles. The Morgan fingerprint density at radius 3 is 2.61 bits per heavy atom. The molecule has 4 rings (SSSR count). The van der Waals surface area contributed by atoms with Gasteiger partial charge in [-0.05, 0) is 54.1 Å². The zero-order chi connectivity index (χ0) is 21.6. The van der Waals surface area contributed by atoms with Crippen molar-refractivity contribution in [2.75, 3.05) is 10.6 Å². The predicted octanol–water partition coefficient (Wildman–Crippen LogP) is 5.41. The van der Waals surface area contributed by atoms with Crippen LogP contribution in [0.5, 0.6) is 0 Å². The lowest BCUT2D eigenvalue weighted by Gasteiger charge is -2.11. The number of aromatic nitrogens is 3. The molecule has 0 unspecified atom stereocenters. The van der Waals surface area contributed by atoms with Gasteiger partial charge in [0.1, 0.15) is 5.82 Å². The van der Waals surface area contributed by atoms with Crippen LogP contribution < -0.4 is 10.6 Å². The molecule has 1 amide bonds. The number of alkyl halides is 1. The summed E-state index contributed by atoms with van der Waals surface area (Å²) in [5.41, 5.74) is 3.41. The highest BCUT2D eigenvalue weighted by molar-refractivity contribution is 6.17. The predicted molar refractivity (Wildman–Crippen MR) is 119 cm³/mol. The first-order valence-electron chi connectivity index (χ1n) is 9.38. The molecule has 0 aliphatic carbocycles. The van der Waals surface area contributed by atoms with Gasteiger partial charge in [-0.25, -0.2) is 14.4 Å². The van der Waals surface area contributed by atoms with Gasteiger partial charge in [-0.3, -0.25) is 9.78 Å². The van der Waals surface area contributed by atoms with Crippen molar-refractivity contribution in [2.45, 2.75) is 5.88 Å². The molecule has 0 aliphatic rings. The number of carbonyl (C=O) groups excluding carboxylic acids is 1. The molecule has 0 radical (unpaired) electrons. The molecule has 2 heterocycles. The van der Waals surface area contributed by atoms with E-state index in [9.17, 15) is 9.18 Å². The van der Waals surface area contributed by atoms with Crippen LogP contribution in [0, 0.1) is 5.82 Å². The molecular formula is C23H17ClFN5O. The molecule has 4 aromatic rings. The second-order valence-corrected chi connectivity index (χ2v) is 6.88. The first kappa shape index (κ1) is 20.4. The minimum atomic E-state index is -0.554. The normalized spacial score (nSPS) is 10.5. The molecule has 0 spiro atoms. The summed E-state index contributed by atoms with van der Waals surface area (Å²) in [6, 6.07) is 16.6. The Morgan fingerprint density at radius 2 is 1.87 bits per heavy atom. The van der Waals surface area contributed by atoms with Crippen LogP contribution in [0.4, 0.5) is 21.7 Å². The third-order valence-electron chi connectivity index (χ3n) is 4.45. The first-order chi connectivity index (χ1) is 15.1. The topological polar surface area (TPSA) is 79.8 Å². The number of carbonyl (C=O) groups is 1. The Hall–Kier alpha value is -3.84. The molecule has 2 aromatic heterocycles. The number of amides is 1. The molecule has 154 valence electrons. The van der Waals surface area contributed by atoms with Crippen LogP contribution in [0.25, 0.3) is 11.3 Å². The molecule has 6 nitrogen and oxygen atoms in total. The number of halogens is 2. The molecule has 8 heteroatoms. The summed E-state index contributed by atoms with van der Waals surface area (Å²) in [6.45, 7) is 0. The van der Waals surface area contributed by atoms with Crippen molar-refractivity contribution in [3.05, 3.63) is 96.2 Å². The number of nitrogens with zero attached hydrogens (tertiary/aromatic N) is 3. The summed E-state index contributed by atoms with van der Waals surface area (Å²) < 4.78 is 14.3. The first-order valence-corrected chi connectivity index (χ1v) is 9.92. The molecule has 2 N–H and O–H groups in total. The van der Waals surface area contributed by atoms with Gasteiger partial charge in [-0.1, -0.05) is 12.1 Å². The smallest absolute Gasteiger partial charge is 0.255 e. The van der Waals surface area contributed by atoms with E-state index < -0.39 is 11.7 Å². The fraction of sp³-hybridized carbons (Fsp3) is 0.0435. The highest BCUT2D eigenvalue weighted by Gasteiger charge is 2.11. The lowest BCUT2D eigenvalue weighted by atomic mass is 10.1. The average molecular weight is 434 g/mol. The van der Waals surface area contributed by atoms with E-state index in [1.165, 1.54) is 12.1 Å². The quantitative estimate of drug-likeness (QED) is 0.397. The maximum Gasteiger partial charge on any atom is 0.255 e. The maximum atomic E-state index is 14.3. The molecule has 0 atom stereocenters. The van der Waals surface area contributed by atoms with Crippen molar-refractivity contribution >= 4 is 34.8 Å². The molecular weight excluding hydrogens is 417 g/mol. The Morgan fingerprint density at radius 1 is 1.03 bits per heavy atom. The SMILES string of the molecule is O=C(Nc1cc(Nc2nccc(-c3cccnc3)n2)ccc1F)c1ccc(CCl)cc1. The highest BCUT2D eigenvalue weighted by Crippen LogP contribution is 2.23. The number of pyridine rings is 1. The number of hydrogen-bond donors (Lipinski definition) is 2. The maximum absolute atomic E-state index is 14.3. The van der Waals surface area contributed by atoms with Crippen LogP contribution in [-0.4, -0.2) is 20.9 Å². The third kappa shape index (κ3) is 5.02. The van der Waals surface area contributed by atoms with Gasteiger partial charge < -0.3 is 10.6 Å². The van der Waals surface area contributed by atoms with Gasteiger partial charge in [-0.2, -0.15) is 0 Å². The van der Waals surface area contributed by atoms with Gasteiger partial charge in [0.25, 0.3) is 5.91 Å². The largest absolute Gasteiger partial charge is 0.324 e. The highest BCUT2D eigenvalue weighted by atomic mass is 35.5. The lowest BCUT2D eigenvalue weighted by molar-refractivity contribution is 0.102.